The lowest BCUT2D eigenvalue weighted by Gasteiger charge is -2.07. The van der Waals surface area contributed by atoms with E-state index in [0.29, 0.717) is 0 Å². The van der Waals surface area contributed by atoms with E-state index in [1.807, 2.05) is 0 Å². The number of hydrogen-bond acceptors (Lipinski definition) is 0. The highest BCUT2D eigenvalue weighted by molar-refractivity contribution is 5.39. The van der Waals surface area contributed by atoms with Gasteiger partial charge in [0.25, 0.3) is 0 Å². The summed E-state index contributed by atoms with van der Waals surface area (Å²) < 4.78 is 0. The molecule has 0 fully saturated rings. The molecule has 0 aliphatic heterocycles. The summed E-state index contributed by atoms with van der Waals surface area (Å²) in [6.45, 7) is 6.35. The van der Waals surface area contributed by atoms with Crippen molar-refractivity contribution in [3.05, 3.63) is 34.4 Å². The van der Waals surface area contributed by atoms with Gasteiger partial charge in [-0.15, -0.1) is 12.3 Å². The second kappa shape index (κ2) is 3.45. The second-order valence-corrected chi connectivity index (χ2v) is 3.26. The van der Waals surface area contributed by atoms with Crippen LogP contribution in [0.5, 0.6) is 0 Å². The predicted molar refractivity (Wildman–Crippen MR) is 53.2 cm³/mol. The Balaban J connectivity index is 3.21. The summed E-state index contributed by atoms with van der Waals surface area (Å²) in [6.07, 6.45) is 6.03. The highest BCUT2D eigenvalue weighted by Crippen LogP contribution is 2.16. The molecule has 1 aromatic carbocycles. The van der Waals surface area contributed by atoms with Gasteiger partial charge >= 0.3 is 0 Å². The van der Waals surface area contributed by atoms with Crippen molar-refractivity contribution >= 4 is 0 Å². The van der Waals surface area contributed by atoms with Crippen molar-refractivity contribution in [3.63, 3.8) is 0 Å². The maximum absolute atomic E-state index is 5.29. The Morgan fingerprint density at radius 3 is 2.08 bits per heavy atom. The van der Waals surface area contributed by atoms with Crippen LogP contribution in [0.15, 0.2) is 12.1 Å². The first-order valence-electron chi connectivity index (χ1n) is 4.15. The highest BCUT2D eigenvalue weighted by atomic mass is 14.1. The average molecular weight is 158 g/mol. The molecule has 0 saturated carbocycles. The van der Waals surface area contributed by atoms with Crippen molar-refractivity contribution in [1.82, 2.24) is 0 Å². The van der Waals surface area contributed by atoms with Crippen LogP contribution in [0, 0.1) is 33.1 Å². The van der Waals surface area contributed by atoms with Crippen LogP contribution < -0.4 is 0 Å². The minimum Gasteiger partial charge on any atom is -0.120 e. The van der Waals surface area contributed by atoms with Crippen LogP contribution in [0.3, 0.4) is 0 Å². The summed E-state index contributed by atoms with van der Waals surface area (Å²) in [6, 6.07) is 4.36. The van der Waals surface area contributed by atoms with Gasteiger partial charge in [-0.05, 0) is 37.5 Å². The number of rotatable bonds is 1. The zero-order chi connectivity index (χ0) is 9.14. The molecule has 0 spiro atoms. The third-order valence-electron chi connectivity index (χ3n) is 2.12. The Morgan fingerprint density at radius 2 is 1.67 bits per heavy atom. The van der Waals surface area contributed by atoms with Crippen LogP contribution in [0.1, 0.15) is 22.3 Å². The quantitative estimate of drug-likeness (QED) is 0.551. The molecule has 0 amide bonds. The molecule has 1 aromatic rings. The lowest BCUT2D eigenvalue weighted by Crippen LogP contribution is -1.93. The van der Waals surface area contributed by atoms with Gasteiger partial charge in [0, 0.05) is 6.42 Å². The molecule has 0 nitrogen and oxygen atoms in total. The Morgan fingerprint density at radius 1 is 1.17 bits per heavy atom. The standard InChI is InChI=1S/C12H14/c1-5-6-12-10(3)7-9(2)8-11(12)4/h1,7-8H,6H2,2-4H3. The SMILES string of the molecule is C#CCc1c(C)cc(C)cc1C. The van der Waals surface area contributed by atoms with Crippen LogP contribution in [-0.2, 0) is 6.42 Å². The van der Waals surface area contributed by atoms with E-state index in [2.05, 4.69) is 38.8 Å². The molecular formula is C12H14. The Kier molecular flexibility index (Phi) is 2.55. The fraction of sp³-hybridized carbons (Fsp3) is 0.333. The third-order valence-corrected chi connectivity index (χ3v) is 2.12. The topological polar surface area (TPSA) is 0 Å². The highest BCUT2D eigenvalue weighted by Gasteiger charge is 2.00. The first kappa shape index (κ1) is 8.87. The van der Waals surface area contributed by atoms with Crippen LogP contribution in [0.2, 0.25) is 0 Å². The van der Waals surface area contributed by atoms with Gasteiger partial charge < -0.3 is 0 Å². The van der Waals surface area contributed by atoms with E-state index >= 15 is 0 Å². The molecule has 1 rings (SSSR count). The molecule has 0 heterocycles. The van der Waals surface area contributed by atoms with Gasteiger partial charge in [0.1, 0.15) is 0 Å². The van der Waals surface area contributed by atoms with E-state index in [0.717, 1.165) is 6.42 Å². The van der Waals surface area contributed by atoms with Crippen molar-refractivity contribution in [2.75, 3.05) is 0 Å². The summed E-state index contributed by atoms with van der Waals surface area (Å²) in [4.78, 5) is 0. The van der Waals surface area contributed by atoms with Gasteiger partial charge in [-0.3, -0.25) is 0 Å². The maximum Gasteiger partial charge on any atom is 0.0342 e. The van der Waals surface area contributed by atoms with Crippen LogP contribution in [0.4, 0.5) is 0 Å². The van der Waals surface area contributed by atoms with Gasteiger partial charge in [0.2, 0.25) is 0 Å². The van der Waals surface area contributed by atoms with Crippen molar-refractivity contribution in [2.45, 2.75) is 27.2 Å². The molecule has 0 bridgehead atoms. The normalized spacial score (nSPS) is 9.50. The summed E-state index contributed by atoms with van der Waals surface area (Å²) in [7, 11) is 0. The Bertz CT molecular complexity index is 303. The lowest BCUT2D eigenvalue weighted by atomic mass is 9.98. The molecule has 12 heavy (non-hydrogen) atoms. The summed E-state index contributed by atoms with van der Waals surface area (Å²) in [5.74, 6) is 2.69. The molecule has 0 N–H and O–H groups in total. The zero-order valence-corrected chi connectivity index (χ0v) is 7.94. The summed E-state index contributed by atoms with van der Waals surface area (Å²) in [5, 5.41) is 0. The van der Waals surface area contributed by atoms with E-state index in [4.69, 9.17) is 6.42 Å². The smallest absolute Gasteiger partial charge is 0.0342 e. The molecule has 0 heteroatoms. The third kappa shape index (κ3) is 1.68. The molecule has 0 aliphatic rings. The van der Waals surface area contributed by atoms with E-state index < -0.39 is 0 Å². The van der Waals surface area contributed by atoms with Crippen LogP contribution in [0.25, 0.3) is 0 Å². The summed E-state index contributed by atoms with van der Waals surface area (Å²) in [5.41, 5.74) is 5.24. The Hall–Kier alpha value is -1.22. The fourth-order valence-electron chi connectivity index (χ4n) is 1.59. The number of aryl methyl sites for hydroxylation is 3. The lowest BCUT2D eigenvalue weighted by molar-refractivity contribution is 1.17. The van der Waals surface area contributed by atoms with Crippen LogP contribution in [-0.4, -0.2) is 0 Å². The van der Waals surface area contributed by atoms with Crippen molar-refractivity contribution in [2.24, 2.45) is 0 Å². The minimum absolute atomic E-state index is 0.748. The molecule has 0 saturated heterocycles. The van der Waals surface area contributed by atoms with Gasteiger partial charge in [-0.2, -0.15) is 0 Å². The Labute approximate surface area is 74.6 Å². The average Bonchev–Trinajstić information content (AvgIpc) is 1.96. The molecule has 0 radical (unpaired) electrons. The van der Waals surface area contributed by atoms with Gasteiger partial charge in [-0.25, -0.2) is 0 Å². The second-order valence-electron chi connectivity index (χ2n) is 3.26. The molecular weight excluding hydrogens is 144 g/mol. The molecule has 0 atom stereocenters. The number of hydrogen-bond donors (Lipinski definition) is 0. The molecule has 0 aliphatic carbocycles. The summed E-state index contributed by atoms with van der Waals surface area (Å²) >= 11 is 0. The fourth-order valence-corrected chi connectivity index (χ4v) is 1.59. The number of terminal acetylenes is 1. The van der Waals surface area contributed by atoms with Crippen molar-refractivity contribution in [1.29, 1.82) is 0 Å². The van der Waals surface area contributed by atoms with E-state index in [-0.39, 0.29) is 0 Å². The van der Waals surface area contributed by atoms with Gasteiger partial charge in [0.05, 0.1) is 0 Å². The minimum atomic E-state index is 0.748. The van der Waals surface area contributed by atoms with Crippen molar-refractivity contribution < 1.29 is 0 Å². The van der Waals surface area contributed by atoms with Crippen molar-refractivity contribution in [3.8, 4) is 12.3 Å². The maximum atomic E-state index is 5.29. The van der Waals surface area contributed by atoms with E-state index in [1.54, 1.807) is 0 Å². The van der Waals surface area contributed by atoms with Gasteiger partial charge in [0.15, 0.2) is 0 Å². The zero-order valence-electron chi connectivity index (χ0n) is 7.94. The predicted octanol–water partition coefficient (Wildman–Crippen LogP) is 2.79. The first-order chi connectivity index (χ1) is 5.65. The molecule has 0 aromatic heterocycles. The first-order valence-corrected chi connectivity index (χ1v) is 4.15. The molecule has 62 valence electrons. The van der Waals surface area contributed by atoms with Crippen LogP contribution >= 0.6 is 0 Å². The molecule has 0 unspecified atom stereocenters. The van der Waals surface area contributed by atoms with E-state index in [9.17, 15) is 0 Å². The largest absolute Gasteiger partial charge is 0.120 e. The van der Waals surface area contributed by atoms with E-state index in [1.165, 1.54) is 22.3 Å². The number of benzene rings is 1. The monoisotopic (exact) mass is 158 g/mol. The van der Waals surface area contributed by atoms with Gasteiger partial charge in [-0.1, -0.05) is 17.7 Å².